The normalized spacial score (nSPS) is 11.1. The first kappa shape index (κ1) is 16.6. The molecule has 0 aliphatic heterocycles. The number of benzene rings is 2. The second kappa shape index (κ2) is 7.51. The zero-order valence-corrected chi connectivity index (χ0v) is 13.0. The molecule has 0 aromatic heterocycles. The second-order valence-electron chi connectivity index (χ2n) is 4.65. The number of rotatable bonds is 5. The summed E-state index contributed by atoms with van der Waals surface area (Å²) in [4.78, 5) is 11.7. The van der Waals surface area contributed by atoms with E-state index in [9.17, 15) is 15.0 Å². The lowest BCUT2D eigenvalue weighted by Crippen LogP contribution is -2.25. The maximum atomic E-state index is 11.7. The van der Waals surface area contributed by atoms with Gasteiger partial charge in [-0.25, -0.2) is 5.43 Å². The third-order valence-electron chi connectivity index (χ3n) is 2.91. The minimum absolute atomic E-state index is 0.0132. The molecule has 0 saturated heterocycles. The van der Waals surface area contributed by atoms with Gasteiger partial charge in [0.25, 0.3) is 5.91 Å². The van der Waals surface area contributed by atoms with Crippen molar-refractivity contribution in [3.63, 3.8) is 0 Å². The van der Waals surface area contributed by atoms with Gasteiger partial charge in [0.2, 0.25) is 0 Å². The lowest BCUT2D eigenvalue weighted by molar-refractivity contribution is -0.123. The molecule has 0 radical (unpaired) electrons. The van der Waals surface area contributed by atoms with Crippen LogP contribution in [0.15, 0.2) is 47.6 Å². The third-order valence-corrected chi connectivity index (χ3v) is 3.23. The lowest BCUT2D eigenvalue weighted by atomic mass is 10.1. The van der Waals surface area contributed by atoms with E-state index in [-0.39, 0.29) is 18.1 Å². The number of para-hydroxylation sites is 1. The summed E-state index contributed by atoms with van der Waals surface area (Å²) in [6, 6.07) is 10.8. The van der Waals surface area contributed by atoms with Gasteiger partial charge in [0.15, 0.2) is 6.61 Å². The number of carbonyl (C=O) groups is 1. The van der Waals surface area contributed by atoms with Crippen LogP contribution in [-0.2, 0) is 4.79 Å². The number of amides is 1. The molecule has 0 saturated carbocycles. The van der Waals surface area contributed by atoms with Crippen molar-refractivity contribution in [3.05, 3.63) is 53.1 Å². The van der Waals surface area contributed by atoms with Crippen LogP contribution in [-0.4, -0.2) is 28.4 Å². The zero-order valence-electron chi connectivity index (χ0n) is 12.3. The molecule has 0 aliphatic carbocycles. The first-order valence-corrected chi connectivity index (χ1v) is 7.08. The van der Waals surface area contributed by atoms with Crippen LogP contribution in [0, 0.1) is 0 Å². The van der Waals surface area contributed by atoms with Crippen LogP contribution in [0.3, 0.4) is 0 Å². The molecule has 0 bridgehead atoms. The highest BCUT2D eigenvalue weighted by atomic mass is 35.5. The zero-order chi connectivity index (χ0) is 16.8. The lowest BCUT2D eigenvalue weighted by Gasteiger charge is -2.08. The Bertz CT molecular complexity index is 747. The minimum atomic E-state index is -0.482. The molecular formula is C16H15ClN2O4. The fraction of sp³-hybridized carbons (Fsp3) is 0.125. The Balaban J connectivity index is 1.95. The van der Waals surface area contributed by atoms with Crippen molar-refractivity contribution in [2.24, 2.45) is 5.10 Å². The van der Waals surface area contributed by atoms with E-state index in [2.05, 4.69) is 10.5 Å². The predicted molar refractivity (Wildman–Crippen MR) is 87.1 cm³/mol. The van der Waals surface area contributed by atoms with Crippen LogP contribution in [0.25, 0.3) is 0 Å². The van der Waals surface area contributed by atoms with Gasteiger partial charge in [0.05, 0.1) is 10.7 Å². The molecular weight excluding hydrogens is 320 g/mol. The highest BCUT2D eigenvalue weighted by Crippen LogP contribution is 2.23. The van der Waals surface area contributed by atoms with Crippen LogP contribution >= 0.6 is 11.6 Å². The number of phenols is 2. The quantitative estimate of drug-likeness (QED) is 0.445. The topological polar surface area (TPSA) is 91.2 Å². The first-order valence-electron chi connectivity index (χ1n) is 6.70. The van der Waals surface area contributed by atoms with Crippen molar-refractivity contribution in [2.45, 2.75) is 6.92 Å². The number of nitrogens with one attached hydrogen (secondary N) is 1. The van der Waals surface area contributed by atoms with Gasteiger partial charge in [0, 0.05) is 5.56 Å². The van der Waals surface area contributed by atoms with E-state index < -0.39 is 5.91 Å². The Morgan fingerprint density at radius 1 is 1.26 bits per heavy atom. The van der Waals surface area contributed by atoms with Crippen molar-refractivity contribution in [2.75, 3.05) is 6.61 Å². The standard InChI is InChI=1S/C16H15ClN2O4/c1-10(12-8-11(20)6-7-14(12)21)18-19-16(22)9-23-15-5-3-2-4-13(15)17/h2-8,20-21H,9H2,1H3,(H,19,22)/b18-10-. The summed E-state index contributed by atoms with van der Waals surface area (Å²) in [6.07, 6.45) is 0. The van der Waals surface area contributed by atoms with Crippen molar-refractivity contribution in [1.82, 2.24) is 5.43 Å². The summed E-state index contributed by atoms with van der Waals surface area (Å²) in [5.74, 6) is -0.147. The summed E-state index contributed by atoms with van der Waals surface area (Å²) < 4.78 is 5.28. The highest BCUT2D eigenvalue weighted by Gasteiger charge is 2.08. The van der Waals surface area contributed by atoms with Crippen LogP contribution in [0.2, 0.25) is 5.02 Å². The molecule has 2 aromatic rings. The van der Waals surface area contributed by atoms with Crippen LogP contribution < -0.4 is 10.2 Å². The predicted octanol–water partition coefficient (Wildman–Crippen LogP) is 2.67. The molecule has 120 valence electrons. The Hall–Kier alpha value is -2.73. The van der Waals surface area contributed by atoms with E-state index in [1.54, 1.807) is 31.2 Å². The summed E-state index contributed by atoms with van der Waals surface area (Å²) in [7, 11) is 0. The Kier molecular flexibility index (Phi) is 5.43. The molecule has 0 aliphatic rings. The molecule has 23 heavy (non-hydrogen) atoms. The fourth-order valence-electron chi connectivity index (χ4n) is 1.76. The van der Waals surface area contributed by atoms with Gasteiger partial charge in [-0.1, -0.05) is 23.7 Å². The average molecular weight is 335 g/mol. The second-order valence-corrected chi connectivity index (χ2v) is 5.06. The number of nitrogens with zero attached hydrogens (tertiary/aromatic N) is 1. The number of hydrogen-bond donors (Lipinski definition) is 3. The molecule has 2 rings (SSSR count). The molecule has 2 aromatic carbocycles. The van der Waals surface area contributed by atoms with E-state index in [1.165, 1.54) is 18.2 Å². The average Bonchev–Trinajstić information content (AvgIpc) is 2.54. The summed E-state index contributed by atoms with van der Waals surface area (Å²) in [5, 5.41) is 23.4. The van der Waals surface area contributed by atoms with Crippen LogP contribution in [0.1, 0.15) is 12.5 Å². The third kappa shape index (κ3) is 4.62. The number of hydrogen-bond acceptors (Lipinski definition) is 5. The Morgan fingerprint density at radius 2 is 2.00 bits per heavy atom. The van der Waals surface area contributed by atoms with E-state index in [1.807, 2.05) is 0 Å². The van der Waals surface area contributed by atoms with Crippen molar-refractivity contribution in [3.8, 4) is 17.2 Å². The van der Waals surface area contributed by atoms with Gasteiger partial charge in [-0.15, -0.1) is 0 Å². The summed E-state index contributed by atoms with van der Waals surface area (Å²) >= 11 is 5.91. The van der Waals surface area contributed by atoms with Gasteiger partial charge < -0.3 is 14.9 Å². The minimum Gasteiger partial charge on any atom is -0.508 e. The maximum Gasteiger partial charge on any atom is 0.277 e. The molecule has 0 atom stereocenters. The molecule has 0 fully saturated rings. The number of carbonyl (C=O) groups excluding carboxylic acids is 1. The maximum absolute atomic E-state index is 11.7. The van der Waals surface area contributed by atoms with Gasteiger partial charge in [-0.3, -0.25) is 4.79 Å². The van der Waals surface area contributed by atoms with Gasteiger partial charge in [0.1, 0.15) is 17.2 Å². The number of aromatic hydroxyl groups is 2. The largest absolute Gasteiger partial charge is 0.508 e. The van der Waals surface area contributed by atoms with Crippen molar-refractivity contribution < 1.29 is 19.7 Å². The molecule has 3 N–H and O–H groups in total. The van der Waals surface area contributed by atoms with E-state index in [0.717, 1.165) is 0 Å². The van der Waals surface area contributed by atoms with Crippen LogP contribution in [0.5, 0.6) is 17.2 Å². The van der Waals surface area contributed by atoms with E-state index >= 15 is 0 Å². The first-order chi connectivity index (χ1) is 11.0. The van der Waals surface area contributed by atoms with Gasteiger partial charge in [-0.2, -0.15) is 5.10 Å². The fourth-order valence-corrected chi connectivity index (χ4v) is 1.95. The number of halogens is 1. The molecule has 7 heteroatoms. The molecule has 1 amide bonds. The van der Waals surface area contributed by atoms with E-state index in [4.69, 9.17) is 16.3 Å². The monoisotopic (exact) mass is 334 g/mol. The van der Waals surface area contributed by atoms with Gasteiger partial charge in [-0.05, 0) is 37.3 Å². The number of hydrazone groups is 1. The Labute approximate surface area is 138 Å². The summed E-state index contributed by atoms with van der Waals surface area (Å²) in [5.41, 5.74) is 2.96. The SMILES string of the molecule is C/C(=N/NC(=O)COc1ccccc1Cl)c1cc(O)ccc1O. The molecule has 0 heterocycles. The van der Waals surface area contributed by atoms with Crippen LogP contribution in [0.4, 0.5) is 0 Å². The highest BCUT2D eigenvalue weighted by molar-refractivity contribution is 6.32. The summed E-state index contributed by atoms with van der Waals surface area (Å²) in [6.45, 7) is 1.33. The van der Waals surface area contributed by atoms with E-state index in [0.29, 0.717) is 22.0 Å². The number of ether oxygens (including phenoxy) is 1. The molecule has 6 nitrogen and oxygen atoms in total. The van der Waals surface area contributed by atoms with Crippen molar-refractivity contribution in [1.29, 1.82) is 0 Å². The van der Waals surface area contributed by atoms with Crippen molar-refractivity contribution >= 4 is 23.2 Å². The Morgan fingerprint density at radius 3 is 2.74 bits per heavy atom. The molecule has 0 unspecified atom stereocenters. The molecule has 0 spiro atoms. The number of phenolic OH excluding ortho intramolecular Hbond substituents is 2. The van der Waals surface area contributed by atoms with Gasteiger partial charge >= 0.3 is 0 Å². The smallest absolute Gasteiger partial charge is 0.277 e.